The van der Waals surface area contributed by atoms with Crippen LogP contribution in [0.1, 0.15) is 26.4 Å². The zero-order valence-corrected chi connectivity index (χ0v) is 20.8. The molecule has 0 saturated carbocycles. The number of fused-ring (bicyclic) bond motifs is 1. The minimum absolute atomic E-state index is 0.0517. The number of benzene rings is 2. The number of amides is 3. The molecule has 5 rings (SSSR count). The second-order valence-electron chi connectivity index (χ2n) is 9.76. The van der Waals surface area contributed by atoms with E-state index in [1.54, 1.807) is 49.6 Å². The number of imide groups is 1. The number of nitrogens with zero attached hydrogens (tertiary/aromatic N) is 6. The lowest BCUT2D eigenvalue weighted by atomic mass is 10.1. The number of anilines is 1. The van der Waals surface area contributed by atoms with Crippen LogP contribution in [0.5, 0.6) is 0 Å². The number of carbonyl (C=O) groups is 3. The van der Waals surface area contributed by atoms with Crippen molar-refractivity contribution in [1.82, 2.24) is 19.9 Å². The second-order valence-corrected chi connectivity index (χ2v) is 9.76. The molecule has 0 aliphatic carbocycles. The normalized spacial score (nSPS) is 16.9. The number of halogens is 1. The first kappa shape index (κ1) is 25.6. The molecule has 2 aromatic carbocycles. The van der Waals surface area contributed by atoms with Crippen molar-refractivity contribution in [3.8, 4) is 5.69 Å². The Balaban J connectivity index is 1.26. The number of hydrogen-bond donors (Lipinski definition) is 2. The van der Waals surface area contributed by atoms with Gasteiger partial charge in [-0.05, 0) is 24.3 Å². The zero-order chi connectivity index (χ0) is 27.0. The molecule has 12 heteroatoms. The molecular formula is C26H28FN6O5+. The van der Waals surface area contributed by atoms with Gasteiger partial charge in [0.15, 0.2) is 0 Å². The standard InChI is InChI=1S/C26H28FN6O5/c1-33(26(38)17(15-34)16-35)10-8-30(9-11-33)23-7-6-19(12-22(23)27)32-14-18(28-29-32)13-31-24(36)20-4-2-3-5-21(20)25(31)37/h2-7,12,14,17,34-35H,8-11,13,15-16H2,1H3/q+1. The van der Waals surface area contributed by atoms with Gasteiger partial charge >= 0.3 is 5.91 Å². The number of hydrogen-bond acceptors (Lipinski definition) is 8. The Morgan fingerprint density at radius 2 is 1.68 bits per heavy atom. The van der Waals surface area contributed by atoms with E-state index in [2.05, 4.69) is 10.3 Å². The molecule has 1 aromatic heterocycles. The predicted molar refractivity (Wildman–Crippen MR) is 133 cm³/mol. The van der Waals surface area contributed by atoms with E-state index < -0.39 is 36.8 Å². The minimum atomic E-state index is -0.827. The summed E-state index contributed by atoms with van der Waals surface area (Å²) < 4.78 is 16.6. The van der Waals surface area contributed by atoms with E-state index in [-0.39, 0.29) is 16.9 Å². The van der Waals surface area contributed by atoms with Gasteiger partial charge in [0.1, 0.15) is 30.5 Å². The van der Waals surface area contributed by atoms with Crippen molar-refractivity contribution in [2.24, 2.45) is 5.92 Å². The molecule has 1 saturated heterocycles. The molecule has 38 heavy (non-hydrogen) atoms. The van der Waals surface area contributed by atoms with Crippen LogP contribution in [0.3, 0.4) is 0 Å². The van der Waals surface area contributed by atoms with E-state index in [9.17, 15) is 24.6 Å². The van der Waals surface area contributed by atoms with Gasteiger partial charge in [0.2, 0.25) is 0 Å². The van der Waals surface area contributed by atoms with Crippen molar-refractivity contribution in [3.05, 3.63) is 71.3 Å². The summed E-state index contributed by atoms with van der Waals surface area (Å²) in [6.07, 6.45) is 1.55. The van der Waals surface area contributed by atoms with E-state index in [1.807, 2.05) is 4.90 Å². The van der Waals surface area contributed by atoms with Crippen molar-refractivity contribution in [2.45, 2.75) is 6.54 Å². The zero-order valence-electron chi connectivity index (χ0n) is 20.8. The molecule has 2 aliphatic heterocycles. The third-order valence-corrected chi connectivity index (χ3v) is 7.32. The third-order valence-electron chi connectivity index (χ3n) is 7.32. The molecule has 198 valence electrons. The Kier molecular flexibility index (Phi) is 6.78. The average Bonchev–Trinajstić information content (AvgIpc) is 3.49. The molecule has 11 nitrogen and oxygen atoms in total. The average molecular weight is 524 g/mol. The fourth-order valence-corrected chi connectivity index (χ4v) is 4.96. The van der Waals surface area contributed by atoms with E-state index in [0.29, 0.717) is 54.4 Å². The molecule has 0 bridgehead atoms. The maximum Gasteiger partial charge on any atom is 0.321 e. The summed E-state index contributed by atoms with van der Waals surface area (Å²) in [7, 11) is 1.77. The fraction of sp³-hybridized carbons (Fsp3) is 0.346. The molecule has 1 fully saturated rings. The SMILES string of the molecule is C[N+]1(C(=O)C(CO)CO)CCN(c2ccc(-n3cc(CN4C(=O)c5ccccc5C4=O)nn3)cc2F)CC1. The quantitative estimate of drug-likeness (QED) is 0.340. The maximum atomic E-state index is 15.2. The highest BCUT2D eigenvalue weighted by atomic mass is 19.1. The summed E-state index contributed by atoms with van der Waals surface area (Å²) >= 11 is 0. The van der Waals surface area contributed by atoms with E-state index in [1.165, 1.54) is 10.7 Å². The number of aliphatic hydroxyl groups excluding tert-OH is 2. The molecule has 3 heterocycles. The first-order valence-corrected chi connectivity index (χ1v) is 12.3. The molecular weight excluding hydrogens is 495 g/mol. The van der Waals surface area contributed by atoms with Crippen LogP contribution in [0.4, 0.5) is 10.1 Å². The van der Waals surface area contributed by atoms with Crippen molar-refractivity contribution < 1.29 is 33.5 Å². The topological polar surface area (TPSA) is 129 Å². The number of rotatable bonds is 7. The lowest BCUT2D eigenvalue weighted by molar-refractivity contribution is -0.837. The first-order chi connectivity index (χ1) is 18.3. The van der Waals surface area contributed by atoms with Gasteiger partial charge in [-0.3, -0.25) is 19.0 Å². The molecule has 0 spiro atoms. The molecule has 0 unspecified atom stereocenters. The van der Waals surface area contributed by atoms with Crippen molar-refractivity contribution >= 4 is 23.4 Å². The van der Waals surface area contributed by atoms with Crippen LogP contribution in [-0.2, 0) is 11.3 Å². The monoisotopic (exact) mass is 523 g/mol. The van der Waals surface area contributed by atoms with Crippen LogP contribution >= 0.6 is 0 Å². The number of piperazine rings is 1. The summed E-state index contributed by atoms with van der Waals surface area (Å²) in [6.45, 7) is 0.813. The number of aromatic nitrogens is 3. The van der Waals surface area contributed by atoms with Crippen LogP contribution in [-0.4, -0.2) is 98.8 Å². The van der Waals surface area contributed by atoms with Gasteiger partial charge in [-0.15, -0.1) is 5.10 Å². The molecule has 2 N–H and O–H groups in total. The van der Waals surface area contributed by atoms with Crippen LogP contribution in [0.2, 0.25) is 0 Å². The molecule has 2 aliphatic rings. The summed E-state index contributed by atoms with van der Waals surface area (Å²) in [6, 6.07) is 11.3. The number of carbonyl (C=O) groups excluding carboxylic acids is 3. The summed E-state index contributed by atoms with van der Waals surface area (Å²) in [5.41, 5.74) is 1.90. The van der Waals surface area contributed by atoms with E-state index in [4.69, 9.17) is 0 Å². The van der Waals surface area contributed by atoms with Gasteiger partial charge in [-0.2, -0.15) is 0 Å². The Morgan fingerprint density at radius 3 is 2.26 bits per heavy atom. The van der Waals surface area contributed by atoms with Gasteiger partial charge in [-0.25, -0.2) is 13.9 Å². The fourth-order valence-electron chi connectivity index (χ4n) is 4.96. The van der Waals surface area contributed by atoms with Gasteiger partial charge in [0.05, 0.1) is 68.6 Å². The van der Waals surface area contributed by atoms with Crippen molar-refractivity contribution in [2.75, 3.05) is 51.3 Å². The molecule has 3 aromatic rings. The maximum absolute atomic E-state index is 15.2. The predicted octanol–water partition coefficient (Wildman–Crippen LogP) is 0.597. The first-order valence-electron chi connectivity index (χ1n) is 12.3. The van der Waals surface area contributed by atoms with Crippen LogP contribution < -0.4 is 4.90 Å². The molecule has 0 atom stereocenters. The Hall–Kier alpha value is -4.00. The lowest BCUT2D eigenvalue weighted by Crippen LogP contribution is -2.62. The Morgan fingerprint density at radius 1 is 1.05 bits per heavy atom. The van der Waals surface area contributed by atoms with Crippen LogP contribution in [0.15, 0.2) is 48.7 Å². The highest BCUT2D eigenvalue weighted by Crippen LogP contribution is 2.27. The highest BCUT2D eigenvalue weighted by Gasteiger charge is 2.40. The second kappa shape index (κ2) is 10.0. The highest BCUT2D eigenvalue weighted by molar-refractivity contribution is 6.21. The van der Waals surface area contributed by atoms with Gasteiger partial charge in [0.25, 0.3) is 11.8 Å². The van der Waals surface area contributed by atoms with E-state index in [0.717, 1.165) is 4.90 Å². The minimum Gasteiger partial charge on any atom is -0.395 e. The summed E-state index contributed by atoms with van der Waals surface area (Å²) in [5, 5.41) is 26.8. The van der Waals surface area contributed by atoms with Gasteiger partial charge in [-0.1, -0.05) is 17.3 Å². The van der Waals surface area contributed by atoms with Crippen molar-refractivity contribution in [1.29, 1.82) is 0 Å². The summed E-state index contributed by atoms with van der Waals surface area (Å²) in [5.74, 6) is -2.31. The number of aliphatic hydroxyl groups is 2. The molecule has 3 amide bonds. The van der Waals surface area contributed by atoms with E-state index >= 15 is 4.39 Å². The smallest absolute Gasteiger partial charge is 0.321 e. The van der Waals surface area contributed by atoms with Gasteiger partial charge < -0.3 is 15.1 Å². The third kappa shape index (κ3) is 4.46. The van der Waals surface area contributed by atoms with Crippen LogP contribution in [0, 0.1) is 11.7 Å². The number of quaternary nitrogens is 1. The largest absolute Gasteiger partial charge is 0.395 e. The Bertz CT molecular complexity index is 1360. The Labute approximate surface area is 217 Å². The van der Waals surface area contributed by atoms with Crippen LogP contribution in [0.25, 0.3) is 5.69 Å². The van der Waals surface area contributed by atoms with Gasteiger partial charge in [0, 0.05) is 6.07 Å². The van der Waals surface area contributed by atoms with Crippen molar-refractivity contribution in [3.63, 3.8) is 0 Å². The molecule has 0 radical (unpaired) electrons. The lowest BCUT2D eigenvalue weighted by Gasteiger charge is -2.41. The summed E-state index contributed by atoms with van der Waals surface area (Å²) in [4.78, 5) is 40.9. The number of likely N-dealkylation sites (N-methyl/N-ethyl adjacent to an activating group) is 1.